The lowest BCUT2D eigenvalue weighted by atomic mass is 10.2. The molecule has 0 aliphatic carbocycles. The number of carbonyl (C=O) groups excluding carboxylic acids is 1. The molecule has 0 spiro atoms. The smallest absolute Gasteiger partial charge is 0.315 e. The van der Waals surface area contributed by atoms with Crippen molar-refractivity contribution in [3.05, 3.63) is 72.7 Å². The third-order valence-corrected chi connectivity index (χ3v) is 5.51. The second kappa shape index (κ2) is 8.22. The zero-order valence-corrected chi connectivity index (χ0v) is 15.7. The van der Waals surface area contributed by atoms with Gasteiger partial charge in [-0.3, -0.25) is 0 Å². The van der Waals surface area contributed by atoms with Crippen molar-refractivity contribution in [2.75, 3.05) is 18.0 Å². The number of benzene rings is 2. The van der Waals surface area contributed by atoms with Crippen LogP contribution in [-0.4, -0.2) is 19.1 Å². The highest BCUT2D eigenvalue weighted by Gasteiger charge is 2.22. The van der Waals surface area contributed by atoms with E-state index in [1.165, 1.54) is 21.2 Å². The monoisotopic (exact) mass is 379 g/mol. The second-order valence-corrected chi connectivity index (χ2v) is 7.32. The van der Waals surface area contributed by atoms with Gasteiger partial charge in [0.25, 0.3) is 0 Å². The minimum absolute atomic E-state index is 0.179. The number of furan rings is 1. The second-order valence-electron chi connectivity index (χ2n) is 6.23. The van der Waals surface area contributed by atoms with Gasteiger partial charge in [-0.05, 0) is 42.8 Å². The standard InChI is InChI=1S/C21H21N3O2S/c25-21(23-15-16-7-5-14-26-16)22-12-6-13-24-17-8-1-3-10-19(17)27-20-11-4-2-9-18(20)24/h1-5,7-11,14H,6,12-13,15H2,(H2,22,23,25). The van der Waals surface area contributed by atoms with Gasteiger partial charge in [0.15, 0.2) is 0 Å². The van der Waals surface area contributed by atoms with Crippen molar-refractivity contribution < 1.29 is 9.21 Å². The van der Waals surface area contributed by atoms with Crippen molar-refractivity contribution in [2.24, 2.45) is 0 Å². The van der Waals surface area contributed by atoms with Gasteiger partial charge in [0.2, 0.25) is 0 Å². The lowest BCUT2D eigenvalue weighted by Gasteiger charge is -2.32. The predicted octanol–water partition coefficient (Wildman–Crippen LogP) is 4.77. The van der Waals surface area contributed by atoms with E-state index < -0.39 is 0 Å². The third kappa shape index (κ3) is 4.11. The number of hydrogen-bond donors (Lipinski definition) is 2. The maximum Gasteiger partial charge on any atom is 0.315 e. The summed E-state index contributed by atoms with van der Waals surface area (Å²) in [5.41, 5.74) is 2.45. The largest absolute Gasteiger partial charge is 0.467 e. The fraction of sp³-hybridized carbons (Fsp3) is 0.190. The van der Waals surface area contributed by atoms with Gasteiger partial charge in [0.05, 0.1) is 24.2 Å². The van der Waals surface area contributed by atoms with Gasteiger partial charge in [0, 0.05) is 22.9 Å². The molecule has 1 aromatic heterocycles. The molecule has 0 atom stereocenters. The van der Waals surface area contributed by atoms with E-state index in [-0.39, 0.29) is 6.03 Å². The molecule has 0 fully saturated rings. The summed E-state index contributed by atoms with van der Waals surface area (Å²) in [5.74, 6) is 0.740. The Bertz CT molecular complexity index is 866. The average Bonchev–Trinajstić information content (AvgIpc) is 3.22. The number of carbonyl (C=O) groups is 1. The van der Waals surface area contributed by atoms with Crippen LogP contribution in [0.5, 0.6) is 0 Å². The Balaban J connectivity index is 1.32. The van der Waals surface area contributed by atoms with E-state index in [1.807, 2.05) is 12.1 Å². The fourth-order valence-electron chi connectivity index (χ4n) is 3.10. The van der Waals surface area contributed by atoms with E-state index in [4.69, 9.17) is 4.42 Å². The molecule has 0 bridgehead atoms. The van der Waals surface area contributed by atoms with Gasteiger partial charge in [-0.15, -0.1) is 0 Å². The maximum absolute atomic E-state index is 11.9. The first kappa shape index (κ1) is 17.5. The minimum Gasteiger partial charge on any atom is -0.467 e. The quantitative estimate of drug-likeness (QED) is 0.606. The van der Waals surface area contributed by atoms with Crippen LogP contribution >= 0.6 is 11.8 Å². The molecular formula is C21H21N3O2S. The Morgan fingerprint density at radius 1 is 0.926 bits per heavy atom. The van der Waals surface area contributed by atoms with Crippen LogP contribution in [0.1, 0.15) is 12.2 Å². The molecule has 6 heteroatoms. The van der Waals surface area contributed by atoms with Crippen LogP contribution in [0.25, 0.3) is 0 Å². The van der Waals surface area contributed by atoms with Crippen molar-refractivity contribution in [2.45, 2.75) is 22.8 Å². The molecule has 1 aliphatic heterocycles. The fourth-order valence-corrected chi connectivity index (χ4v) is 4.20. The predicted molar refractivity (Wildman–Crippen MR) is 108 cm³/mol. The summed E-state index contributed by atoms with van der Waals surface area (Å²) in [6.07, 6.45) is 2.45. The number of rotatable bonds is 6. The summed E-state index contributed by atoms with van der Waals surface area (Å²) in [6, 6.07) is 20.4. The van der Waals surface area contributed by atoms with Gasteiger partial charge in [-0.2, -0.15) is 0 Å². The van der Waals surface area contributed by atoms with E-state index in [0.717, 1.165) is 18.7 Å². The molecule has 2 aromatic carbocycles. The maximum atomic E-state index is 11.9. The first-order chi connectivity index (χ1) is 13.3. The van der Waals surface area contributed by atoms with Crippen molar-refractivity contribution in [1.82, 2.24) is 10.6 Å². The summed E-state index contributed by atoms with van der Waals surface area (Å²) >= 11 is 1.81. The number of nitrogens with zero attached hydrogens (tertiary/aromatic N) is 1. The van der Waals surface area contributed by atoms with Crippen molar-refractivity contribution in [1.29, 1.82) is 0 Å². The number of nitrogens with one attached hydrogen (secondary N) is 2. The Labute approximate surface area is 162 Å². The molecule has 2 amide bonds. The summed E-state index contributed by atoms with van der Waals surface area (Å²) in [6.45, 7) is 1.84. The Hall–Kier alpha value is -2.86. The van der Waals surface area contributed by atoms with Gasteiger partial charge in [-0.1, -0.05) is 36.0 Å². The van der Waals surface area contributed by atoms with Crippen LogP contribution < -0.4 is 15.5 Å². The summed E-state index contributed by atoms with van der Waals surface area (Å²) in [4.78, 5) is 16.8. The molecule has 0 radical (unpaired) electrons. The zero-order chi connectivity index (χ0) is 18.5. The van der Waals surface area contributed by atoms with Crippen LogP contribution in [0.2, 0.25) is 0 Å². The zero-order valence-electron chi connectivity index (χ0n) is 14.9. The average molecular weight is 379 g/mol. The molecule has 0 saturated heterocycles. The van der Waals surface area contributed by atoms with Crippen LogP contribution in [0.3, 0.4) is 0 Å². The molecule has 0 saturated carbocycles. The highest BCUT2D eigenvalue weighted by atomic mass is 32.2. The molecule has 5 nitrogen and oxygen atoms in total. The molecule has 4 rings (SSSR count). The molecule has 138 valence electrons. The molecule has 0 unspecified atom stereocenters. The highest BCUT2D eigenvalue weighted by molar-refractivity contribution is 7.99. The van der Waals surface area contributed by atoms with Crippen LogP contribution in [0, 0.1) is 0 Å². The van der Waals surface area contributed by atoms with E-state index in [9.17, 15) is 4.79 Å². The van der Waals surface area contributed by atoms with E-state index >= 15 is 0 Å². The molecule has 3 aromatic rings. The number of urea groups is 1. The Morgan fingerprint density at radius 2 is 1.63 bits per heavy atom. The molecule has 27 heavy (non-hydrogen) atoms. The molecular weight excluding hydrogens is 358 g/mol. The van der Waals surface area contributed by atoms with Crippen molar-refractivity contribution in [3.63, 3.8) is 0 Å². The van der Waals surface area contributed by atoms with Crippen molar-refractivity contribution in [3.8, 4) is 0 Å². The number of fused-ring (bicyclic) bond motifs is 2. The summed E-state index contributed by atoms with van der Waals surface area (Å²) in [5, 5.41) is 5.70. The highest BCUT2D eigenvalue weighted by Crippen LogP contribution is 2.47. The van der Waals surface area contributed by atoms with E-state index in [2.05, 4.69) is 64.1 Å². The summed E-state index contributed by atoms with van der Waals surface area (Å²) in [7, 11) is 0. The topological polar surface area (TPSA) is 57.5 Å². The van der Waals surface area contributed by atoms with Crippen molar-refractivity contribution >= 4 is 29.2 Å². The summed E-state index contributed by atoms with van der Waals surface area (Å²) < 4.78 is 5.20. The SMILES string of the molecule is O=C(NCCCN1c2ccccc2Sc2ccccc21)NCc1ccco1. The normalized spacial score (nSPS) is 12.2. The van der Waals surface area contributed by atoms with Gasteiger partial charge in [0.1, 0.15) is 5.76 Å². The van der Waals surface area contributed by atoms with Gasteiger partial charge >= 0.3 is 6.03 Å². The van der Waals surface area contributed by atoms with Crippen LogP contribution in [0.4, 0.5) is 16.2 Å². The van der Waals surface area contributed by atoms with Crippen LogP contribution in [0.15, 0.2) is 81.1 Å². The number of anilines is 2. The lowest BCUT2D eigenvalue weighted by Crippen LogP contribution is -2.36. The van der Waals surface area contributed by atoms with E-state index in [0.29, 0.717) is 13.1 Å². The minimum atomic E-state index is -0.179. The number of hydrogen-bond acceptors (Lipinski definition) is 4. The first-order valence-electron chi connectivity index (χ1n) is 8.99. The number of para-hydroxylation sites is 2. The first-order valence-corrected chi connectivity index (χ1v) is 9.80. The van der Waals surface area contributed by atoms with Gasteiger partial charge in [-0.25, -0.2) is 4.79 Å². The molecule has 2 heterocycles. The van der Waals surface area contributed by atoms with Gasteiger partial charge < -0.3 is 20.0 Å². The molecule has 2 N–H and O–H groups in total. The Morgan fingerprint density at radius 3 is 2.30 bits per heavy atom. The van der Waals surface area contributed by atoms with E-state index in [1.54, 1.807) is 18.0 Å². The number of amides is 2. The molecule has 1 aliphatic rings. The Kier molecular flexibility index (Phi) is 5.34. The third-order valence-electron chi connectivity index (χ3n) is 4.38. The van der Waals surface area contributed by atoms with Crippen LogP contribution in [-0.2, 0) is 6.54 Å². The lowest BCUT2D eigenvalue weighted by molar-refractivity contribution is 0.239.